The van der Waals surface area contributed by atoms with Gasteiger partial charge >= 0.3 is 0 Å². The number of benzene rings is 2. The molecule has 0 aliphatic heterocycles. The Hall–Kier alpha value is -2.49. The van der Waals surface area contributed by atoms with E-state index in [1.54, 1.807) is 7.11 Å². The maximum atomic E-state index is 8.63. The van der Waals surface area contributed by atoms with Crippen LogP contribution >= 0.6 is 0 Å². The third-order valence-corrected chi connectivity index (χ3v) is 3.43. The molecule has 116 valence electrons. The Morgan fingerprint density at radius 1 is 0.955 bits per heavy atom. The summed E-state index contributed by atoms with van der Waals surface area (Å²) in [6.07, 6.45) is 1.61. The SMILES string of the molecule is COc1ccc(COc2ccc(CC/C(C)=N/O)cc2)cc1. The number of methoxy groups -OCH3 is 1. The van der Waals surface area contributed by atoms with Gasteiger partial charge in [0.15, 0.2) is 0 Å². The lowest BCUT2D eigenvalue weighted by Crippen LogP contribution is -1.97. The van der Waals surface area contributed by atoms with Crippen molar-refractivity contribution >= 4 is 5.71 Å². The minimum absolute atomic E-state index is 0.527. The van der Waals surface area contributed by atoms with E-state index in [0.717, 1.165) is 35.6 Å². The van der Waals surface area contributed by atoms with Gasteiger partial charge in [-0.1, -0.05) is 29.4 Å². The van der Waals surface area contributed by atoms with E-state index < -0.39 is 0 Å². The molecule has 0 aliphatic rings. The van der Waals surface area contributed by atoms with Gasteiger partial charge in [-0.2, -0.15) is 0 Å². The molecule has 0 fully saturated rings. The number of hydrogen-bond acceptors (Lipinski definition) is 4. The molecule has 0 heterocycles. The number of aryl methyl sites for hydroxylation is 1. The summed E-state index contributed by atoms with van der Waals surface area (Å²) in [6, 6.07) is 15.8. The van der Waals surface area contributed by atoms with Crippen LogP contribution in [0.4, 0.5) is 0 Å². The van der Waals surface area contributed by atoms with Crippen molar-refractivity contribution in [3.8, 4) is 11.5 Å². The van der Waals surface area contributed by atoms with Crippen molar-refractivity contribution in [2.45, 2.75) is 26.4 Å². The van der Waals surface area contributed by atoms with Crippen LogP contribution in [-0.4, -0.2) is 18.0 Å². The van der Waals surface area contributed by atoms with E-state index in [4.69, 9.17) is 14.7 Å². The fraction of sp³-hybridized carbons (Fsp3) is 0.278. The third kappa shape index (κ3) is 4.81. The summed E-state index contributed by atoms with van der Waals surface area (Å²) in [5, 5.41) is 11.8. The quantitative estimate of drug-likeness (QED) is 0.476. The van der Waals surface area contributed by atoms with E-state index in [9.17, 15) is 0 Å². The predicted octanol–water partition coefficient (Wildman–Crippen LogP) is 4.06. The van der Waals surface area contributed by atoms with Gasteiger partial charge in [0.1, 0.15) is 18.1 Å². The number of nitrogens with zero attached hydrogens (tertiary/aromatic N) is 1. The molecule has 2 aromatic carbocycles. The fourth-order valence-electron chi connectivity index (χ4n) is 2.02. The molecule has 0 aromatic heterocycles. The zero-order chi connectivity index (χ0) is 15.8. The van der Waals surface area contributed by atoms with Crippen molar-refractivity contribution in [3.63, 3.8) is 0 Å². The molecule has 2 rings (SSSR count). The molecule has 0 saturated carbocycles. The van der Waals surface area contributed by atoms with E-state index >= 15 is 0 Å². The number of ether oxygens (including phenoxy) is 2. The van der Waals surface area contributed by atoms with Crippen LogP contribution in [0, 0.1) is 0 Å². The monoisotopic (exact) mass is 299 g/mol. The summed E-state index contributed by atoms with van der Waals surface area (Å²) >= 11 is 0. The van der Waals surface area contributed by atoms with Crippen LogP contribution in [0.15, 0.2) is 53.7 Å². The maximum Gasteiger partial charge on any atom is 0.119 e. The molecule has 0 saturated heterocycles. The Balaban J connectivity index is 1.85. The molecule has 0 atom stereocenters. The van der Waals surface area contributed by atoms with E-state index in [1.165, 1.54) is 5.56 Å². The maximum absolute atomic E-state index is 8.63. The highest BCUT2D eigenvalue weighted by Gasteiger charge is 1.99. The van der Waals surface area contributed by atoms with Gasteiger partial charge in [-0.25, -0.2) is 0 Å². The molecule has 0 unspecified atom stereocenters. The Labute approximate surface area is 131 Å². The van der Waals surface area contributed by atoms with E-state index in [2.05, 4.69) is 5.16 Å². The van der Waals surface area contributed by atoms with Gasteiger partial charge in [-0.05, 0) is 55.2 Å². The second-order valence-electron chi connectivity index (χ2n) is 5.12. The number of oxime groups is 1. The molecule has 0 bridgehead atoms. The number of hydrogen-bond donors (Lipinski definition) is 1. The van der Waals surface area contributed by atoms with E-state index in [0.29, 0.717) is 6.61 Å². The van der Waals surface area contributed by atoms with E-state index in [1.807, 2.05) is 55.5 Å². The first kappa shape index (κ1) is 15.9. The lowest BCUT2D eigenvalue weighted by molar-refractivity contribution is 0.306. The fourth-order valence-corrected chi connectivity index (χ4v) is 2.02. The topological polar surface area (TPSA) is 51.0 Å². The molecular weight excluding hydrogens is 278 g/mol. The molecule has 22 heavy (non-hydrogen) atoms. The zero-order valence-corrected chi connectivity index (χ0v) is 13.0. The summed E-state index contributed by atoms with van der Waals surface area (Å²) in [6.45, 7) is 2.34. The summed E-state index contributed by atoms with van der Waals surface area (Å²) < 4.78 is 10.9. The van der Waals surface area contributed by atoms with Crippen LogP contribution in [0.2, 0.25) is 0 Å². The minimum Gasteiger partial charge on any atom is -0.497 e. The summed E-state index contributed by atoms with van der Waals surface area (Å²) in [5.41, 5.74) is 3.03. The molecule has 0 spiro atoms. The van der Waals surface area contributed by atoms with Gasteiger partial charge in [-0.15, -0.1) is 0 Å². The van der Waals surface area contributed by atoms with Crippen LogP contribution in [0.1, 0.15) is 24.5 Å². The summed E-state index contributed by atoms with van der Waals surface area (Å²) in [5.74, 6) is 1.68. The first-order valence-electron chi connectivity index (χ1n) is 7.23. The summed E-state index contributed by atoms with van der Waals surface area (Å²) in [4.78, 5) is 0. The predicted molar refractivity (Wildman–Crippen MR) is 87.0 cm³/mol. The van der Waals surface area contributed by atoms with Crippen LogP contribution in [0.25, 0.3) is 0 Å². The highest BCUT2D eigenvalue weighted by molar-refractivity contribution is 5.81. The van der Waals surface area contributed by atoms with Crippen molar-refractivity contribution in [2.24, 2.45) is 5.16 Å². The van der Waals surface area contributed by atoms with Gasteiger partial charge in [-0.3, -0.25) is 0 Å². The molecule has 2 aromatic rings. The highest BCUT2D eigenvalue weighted by atomic mass is 16.5. The van der Waals surface area contributed by atoms with Crippen LogP contribution in [0.5, 0.6) is 11.5 Å². The molecule has 0 aliphatic carbocycles. The van der Waals surface area contributed by atoms with Gasteiger partial charge in [0.2, 0.25) is 0 Å². The second kappa shape index (κ2) is 8.08. The van der Waals surface area contributed by atoms with Gasteiger partial charge in [0.25, 0.3) is 0 Å². The largest absolute Gasteiger partial charge is 0.497 e. The lowest BCUT2D eigenvalue weighted by atomic mass is 10.1. The standard InChI is InChI=1S/C18H21NO3/c1-14(19-20)3-4-15-5-11-18(12-6-15)22-13-16-7-9-17(21-2)10-8-16/h5-12,20H,3-4,13H2,1-2H3/b19-14+. The van der Waals surface area contributed by atoms with Gasteiger partial charge in [0.05, 0.1) is 12.8 Å². The molecule has 0 radical (unpaired) electrons. The molecule has 4 nitrogen and oxygen atoms in total. The normalized spacial score (nSPS) is 11.3. The van der Waals surface area contributed by atoms with Gasteiger partial charge in [0, 0.05) is 0 Å². The molecule has 0 amide bonds. The Morgan fingerprint density at radius 2 is 1.55 bits per heavy atom. The van der Waals surface area contributed by atoms with Crippen LogP contribution in [-0.2, 0) is 13.0 Å². The molecule has 4 heteroatoms. The molecule has 1 N–H and O–H groups in total. The zero-order valence-electron chi connectivity index (χ0n) is 13.0. The van der Waals surface area contributed by atoms with Crippen molar-refractivity contribution in [1.29, 1.82) is 0 Å². The van der Waals surface area contributed by atoms with Crippen molar-refractivity contribution in [2.75, 3.05) is 7.11 Å². The summed E-state index contributed by atoms with van der Waals surface area (Å²) in [7, 11) is 1.65. The van der Waals surface area contributed by atoms with Crippen molar-refractivity contribution in [1.82, 2.24) is 0 Å². The number of rotatable bonds is 7. The van der Waals surface area contributed by atoms with Crippen LogP contribution in [0.3, 0.4) is 0 Å². The second-order valence-corrected chi connectivity index (χ2v) is 5.12. The first-order valence-corrected chi connectivity index (χ1v) is 7.23. The van der Waals surface area contributed by atoms with E-state index in [-0.39, 0.29) is 0 Å². The third-order valence-electron chi connectivity index (χ3n) is 3.43. The van der Waals surface area contributed by atoms with Crippen LogP contribution < -0.4 is 9.47 Å². The minimum atomic E-state index is 0.527. The average molecular weight is 299 g/mol. The van der Waals surface area contributed by atoms with Crippen molar-refractivity contribution in [3.05, 3.63) is 59.7 Å². The Morgan fingerprint density at radius 3 is 2.14 bits per heavy atom. The average Bonchev–Trinajstić information content (AvgIpc) is 2.59. The molecular formula is C18H21NO3. The Bertz CT molecular complexity index is 603. The lowest BCUT2D eigenvalue weighted by Gasteiger charge is -2.08. The Kier molecular flexibility index (Phi) is 5.83. The first-order chi connectivity index (χ1) is 10.7. The van der Waals surface area contributed by atoms with Gasteiger partial charge < -0.3 is 14.7 Å². The smallest absolute Gasteiger partial charge is 0.119 e. The van der Waals surface area contributed by atoms with Crippen molar-refractivity contribution < 1.29 is 14.7 Å². The highest BCUT2D eigenvalue weighted by Crippen LogP contribution is 2.17.